The maximum atomic E-state index is 11.4. The minimum Gasteiger partial charge on any atom is -0.494 e. The number of ether oxygens (including phenoxy) is 2. The molecule has 0 aliphatic carbocycles. The fourth-order valence-electron chi connectivity index (χ4n) is 1.90. The second-order valence-electron chi connectivity index (χ2n) is 4.15. The molecule has 0 aromatic heterocycles. The van der Waals surface area contributed by atoms with Gasteiger partial charge in [-0.1, -0.05) is 12.1 Å². The van der Waals surface area contributed by atoms with Crippen molar-refractivity contribution in [3.63, 3.8) is 0 Å². The molecule has 0 atom stereocenters. The summed E-state index contributed by atoms with van der Waals surface area (Å²) < 4.78 is 11.1. The first-order valence-corrected chi connectivity index (χ1v) is 7.69. The van der Waals surface area contributed by atoms with E-state index in [0.717, 1.165) is 0 Å². The van der Waals surface area contributed by atoms with Gasteiger partial charge in [0, 0.05) is 11.0 Å². The van der Waals surface area contributed by atoms with Crippen LogP contribution in [0.15, 0.2) is 47.4 Å². The summed E-state index contributed by atoms with van der Waals surface area (Å²) in [5, 5.41) is 9.38. The van der Waals surface area contributed by atoms with Crippen LogP contribution in [0.2, 0.25) is 0 Å². The SMILES string of the molecule is CCOc1cccc(Oc2cccc(SC)c2C(=O)O)c1. The summed E-state index contributed by atoms with van der Waals surface area (Å²) in [4.78, 5) is 12.1. The van der Waals surface area contributed by atoms with Crippen molar-refractivity contribution in [2.45, 2.75) is 11.8 Å². The van der Waals surface area contributed by atoms with E-state index < -0.39 is 5.97 Å². The van der Waals surface area contributed by atoms with Crippen LogP contribution in [0.4, 0.5) is 0 Å². The zero-order chi connectivity index (χ0) is 15.2. The molecular formula is C16H16O4S. The van der Waals surface area contributed by atoms with Crippen LogP contribution in [0.5, 0.6) is 17.2 Å². The fraction of sp³-hybridized carbons (Fsp3) is 0.188. The van der Waals surface area contributed by atoms with Gasteiger partial charge in [0.15, 0.2) is 0 Å². The van der Waals surface area contributed by atoms with Gasteiger partial charge in [-0.25, -0.2) is 4.79 Å². The van der Waals surface area contributed by atoms with Crippen LogP contribution in [0.3, 0.4) is 0 Å². The van der Waals surface area contributed by atoms with Gasteiger partial charge in [-0.3, -0.25) is 0 Å². The Morgan fingerprint density at radius 3 is 2.57 bits per heavy atom. The number of hydrogen-bond acceptors (Lipinski definition) is 4. The predicted octanol–water partition coefficient (Wildman–Crippen LogP) is 4.30. The van der Waals surface area contributed by atoms with E-state index in [0.29, 0.717) is 28.8 Å². The number of carboxylic acid groups (broad SMARTS) is 1. The Kier molecular flexibility index (Phi) is 5.11. The molecule has 5 heteroatoms. The van der Waals surface area contributed by atoms with Crippen molar-refractivity contribution in [3.05, 3.63) is 48.0 Å². The Morgan fingerprint density at radius 2 is 1.90 bits per heavy atom. The Morgan fingerprint density at radius 1 is 1.19 bits per heavy atom. The summed E-state index contributed by atoms with van der Waals surface area (Å²) in [5.74, 6) is 0.550. The number of carboxylic acids is 1. The molecule has 4 nitrogen and oxygen atoms in total. The Bertz CT molecular complexity index is 640. The van der Waals surface area contributed by atoms with Crippen LogP contribution in [0.25, 0.3) is 0 Å². The number of hydrogen-bond donors (Lipinski definition) is 1. The van der Waals surface area contributed by atoms with Gasteiger partial charge in [-0.2, -0.15) is 0 Å². The van der Waals surface area contributed by atoms with Crippen molar-refractivity contribution in [1.82, 2.24) is 0 Å². The Hall–Kier alpha value is -2.14. The highest BCUT2D eigenvalue weighted by molar-refractivity contribution is 7.98. The Balaban J connectivity index is 2.35. The first-order chi connectivity index (χ1) is 10.2. The van der Waals surface area contributed by atoms with Crippen molar-refractivity contribution in [2.75, 3.05) is 12.9 Å². The third-order valence-corrected chi connectivity index (χ3v) is 3.55. The molecule has 2 rings (SSSR count). The highest BCUT2D eigenvalue weighted by atomic mass is 32.2. The first kappa shape index (κ1) is 15.3. The molecule has 0 fully saturated rings. The Labute approximate surface area is 127 Å². The molecule has 0 aliphatic heterocycles. The van der Waals surface area contributed by atoms with Crippen molar-refractivity contribution in [2.24, 2.45) is 0 Å². The molecule has 21 heavy (non-hydrogen) atoms. The molecule has 0 amide bonds. The predicted molar refractivity (Wildman–Crippen MR) is 82.9 cm³/mol. The highest BCUT2D eigenvalue weighted by Crippen LogP contribution is 2.33. The van der Waals surface area contributed by atoms with Gasteiger partial charge in [0.05, 0.1) is 6.61 Å². The minimum absolute atomic E-state index is 0.173. The van der Waals surface area contributed by atoms with Gasteiger partial charge in [0.1, 0.15) is 22.8 Å². The third-order valence-electron chi connectivity index (χ3n) is 2.77. The lowest BCUT2D eigenvalue weighted by Gasteiger charge is -2.12. The van der Waals surface area contributed by atoms with Gasteiger partial charge >= 0.3 is 5.97 Å². The molecule has 2 aromatic rings. The third kappa shape index (κ3) is 3.70. The zero-order valence-electron chi connectivity index (χ0n) is 11.8. The minimum atomic E-state index is -1.00. The second kappa shape index (κ2) is 7.04. The van der Waals surface area contributed by atoms with Crippen molar-refractivity contribution in [1.29, 1.82) is 0 Å². The summed E-state index contributed by atoms with van der Waals surface area (Å²) in [7, 11) is 0. The molecule has 0 aliphatic rings. The van der Waals surface area contributed by atoms with Crippen molar-refractivity contribution >= 4 is 17.7 Å². The van der Waals surface area contributed by atoms with Gasteiger partial charge in [-0.05, 0) is 37.4 Å². The summed E-state index contributed by atoms with van der Waals surface area (Å²) in [6.45, 7) is 2.46. The number of carbonyl (C=O) groups is 1. The van der Waals surface area contributed by atoms with Gasteiger partial charge in [0.25, 0.3) is 0 Å². The van der Waals surface area contributed by atoms with E-state index in [-0.39, 0.29) is 5.56 Å². The number of benzene rings is 2. The highest BCUT2D eigenvalue weighted by Gasteiger charge is 2.16. The van der Waals surface area contributed by atoms with Crippen LogP contribution in [-0.4, -0.2) is 23.9 Å². The normalized spacial score (nSPS) is 10.2. The average Bonchev–Trinajstić information content (AvgIpc) is 2.47. The number of thioether (sulfide) groups is 1. The summed E-state index contributed by atoms with van der Waals surface area (Å²) in [6.07, 6.45) is 1.83. The van der Waals surface area contributed by atoms with E-state index in [4.69, 9.17) is 9.47 Å². The molecule has 1 N–H and O–H groups in total. The number of aromatic carboxylic acids is 1. The summed E-state index contributed by atoms with van der Waals surface area (Å²) in [6, 6.07) is 12.3. The maximum absolute atomic E-state index is 11.4. The second-order valence-corrected chi connectivity index (χ2v) is 5.00. The van der Waals surface area contributed by atoms with Crippen molar-refractivity contribution < 1.29 is 19.4 Å². The van der Waals surface area contributed by atoms with E-state index in [1.165, 1.54) is 11.8 Å². The fourth-order valence-corrected chi connectivity index (χ4v) is 2.50. The number of rotatable bonds is 6. The van der Waals surface area contributed by atoms with Crippen LogP contribution in [0.1, 0.15) is 17.3 Å². The summed E-state index contributed by atoms with van der Waals surface area (Å²) >= 11 is 1.37. The lowest BCUT2D eigenvalue weighted by molar-refractivity contribution is 0.0690. The van der Waals surface area contributed by atoms with E-state index in [1.54, 1.807) is 36.4 Å². The van der Waals surface area contributed by atoms with Crippen LogP contribution >= 0.6 is 11.8 Å². The van der Waals surface area contributed by atoms with Crippen LogP contribution < -0.4 is 9.47 Å². The molecular weight excluding hydrogens is 288 g/mol. The van der Waals surface area contributed by atoms with Crippen LogP contribution in [0, 0.1) is 0 Å². The smallest absolute Gasteiger partial charge is 0.340 e. The molecule has 2 aromatic carbocycles. The molecule has 0 radical (unpaired) electrons. The van der Waals surface area contributed by atoms with Gasteiger partial charge < -0.3 is 14.6 Å². The molecule has 0 spiro atoms. The van der Waals surface area contributed by atoms with Gasteiger partial charge in [0.2, 0.25) is 0 Å². The zero-order valence-corrected chi connectivity index (χ0v) is 12.6. The quantitative estimate of drug-likeness (QED) is 0.806. The molecule has 0 heterocycles. The lowest BCUT2D eigenvalue weighted by Crippen LogP contribution is -2.02. The van der Waals surface area contributed by atoms with Gasteiger partial charge in [-0.15, -0.1) is 11.8 Å². The van der Waals surface area contributed by atoms with Crippen molar-refractivity contribution in [3.8, 4) is 17.2 Å². The van der Waals surface area contributed by atoms with E-state index in [9.17, 15) is 9.90 Å². The topological polar surface area (TPSA) is 55.8 Å². The van der Waals surface area contributed by atoms with E-state index in [2.05, 4.69) is 0 Å². The monoisotopic (exact) mass is 304 g/mol. The molecule has 0 bridgehead atoms. The summed E-state index contributed by atoms with van der Waals surface area (Å²) in [5.41, 5.74) is 0.173. The van der Waals surface area contributed by atoms with E-state index >= 15 is 0 Å². The van der Waals surface area contributed by atoms with Crippen LogP contribution in [-0.2, 0) is 0 Å². The standard InChI is InChI=1S/C16H16O4S/c1-3-19-11-6-4-7-12(10-11)20-13-8-5-9-14(21-2)15(13)16(17)18/h4-10H,3H2,1-2H3,(H,17,18). The first-order valence-electron chi connectivity index (χ1n) is 6.46. The molecule has 0 saturated carbocycles. The maximum Gasteiger partial charge on any atom is 0.340 e. The van der Waals surface area contributed by atoms with E-state index in [1.807, 2.05) is 19.2 Å². The average molecular weight is 304 g/mol. The molecule has 0 saturated heterocycles. The lowest BCUT2D eigenvalue weighted by atomic mass is 10.2. The molecule has 110 valence electrons. The molecule has 0 unspecified atom stereocenters. The largest absolute Gasteiger partial charge is 0.494 e.